The van der Waals surface area contributed by atoms with Crippen LogP contribution in [0, 0.1) is 6.92 Å². The summed E-state index contributed by atoms with van der Waals surface area (Å²) in [5, 5.41) is 8.77. The van der Waals surface area contributed by atoms with Gasteiger partial charge in [0.1, 0.15) is 31.5 Å². The van der Waals surface area contributed by atoms with Crippen molar-refractivity contribution in [3.05, 3.63) is 126 Å². The van der Waals surface area contributed by atoms with Crippen LogP contribution in [0.3, 0.4) is 0 Å². The molecule has 4 aromatic carbocycles. The van der Waals surface area contributed by atoms with Crippen LogP contribution in [0.2, 0.25) is 0 Å². The highest BCUT2D eigenvalue weighted by atomic mass is 32.1. The zero-order chi connectivity index (χ0) is 35.4. The van der Waals surface area contributed by atoms with Gasteiger partial charge in [-0.05, 0) is 71.5 Å². The van der Waals surface area contributed by atoms with E-state index in [4.69, 9.17) is 27.0 Å². The summed E-state index contributed by atoms with van der Waals surface area (Å²) in [6, 6.07) is 37.1. The first-order chi connectivity index (χ1) is 24.1. The quantitative estimate of drug-likeness (QED) is 0.0884. The molecule has 1 heterocycles. The topological polar surface area (TPSA) is 95.8 Å². The molecule has 2 aliphatic rings. The number of benzene rings is 5. The predicted octanol–water partition coefficient (Wildman–Crippen LogP) is 4.57. The zero-order valence-corrected chi connectivity index (χ0v) is 29.8. The van der Waals surface area contributed by atoms with Crippen molar-refractivity contribution in [1.29, 1.82) is 0 Å². The largest absolute Gasteiger partial charge is 0.525 e. The average molecular weight is 683 g/mol. The van der Waals surface area contributed by atoms with Gasteiger partial charge in [0.05, 0.1) is 6.07 Å². The number of rotatable bonds is 9. The van der Waals surface area contributed by atoms with Crippen LogP contribution in [0.15, 0.2) is 120 Å². The molecule has 0 aromatic heterocycles. The number of hydrogen-bond acceptors (Lipinski definition) is 6. The van der Waals surface area contributed by atoms with Crippen LogP contribution in [0.25, 0.3) is 33.4 Å². The van der Waals surface area contributed by atoms with E-state index in [1.807, 2.05) is 94.9 Å². The Morgan fingerprint density at radius 1 is 0.900 bits per heavy atom. The molecule has 0 fully saturated rings. The highest BCUT2D eigenvalue weighted by Crippen LogP contribution is 2.42. The van der Waals surface area contributed by atoms with E-state index >= 15 is 0 Å². The van der Waals surface area contributed by atoms with Gasteiger partial charge in [-0.1, -0.05) is 66.7 Å². The van der Waals surface area contributed by atoms with Crippen molar-refractivity contribution >= 4 is 63.5 Å². The fourth-order valence-corrected chi connectivity index (χ4v) is 6.19. The number of nitrogens with two attached hydrogens (primary N) is 1. The molecule has 4 aromatic rings. The van der Waals surface area contributed by atoms with Crippen molar-refractivity contribution in [3.63, 3.8) is 0 Å². The van der Waals surface area contributed by atoms with E-state index in [2.05, 4.69) is 75.6 Å². The molecule has 0 saturated carbocycles. The third kappa shape index (κ3) is 7.57. The van der Waals surface area contributed by atoms with Crippen LogP contribution in [-0.2, 0) is 9.45 Å². The Morgan fingerprint density at radius 3 is 2.18 bits per heavy atom. The summed E-state index contributed by atoms with van der Waals surface area (Å²) in [5.41, 5.74) is 15.0. The van der Waals surface area contributed by atoms with Crippen molar-refractivity contribution < 1.29 is 13.9 Å². The maximum absolute atomic E-state index is 13.1. The van der Waals surface area contributed by atoms with Crippen molar-refractivity contribution in [1.82, 2.24) is 9.89 Å². The molecule has 1 aliphatic carbocycles. The molecular formula is C40H41BN5O3S+. The normalized spacial score (nSPS) is 11.6. The van der Waals surface area contributed by atoms with Crippen molar-refractivity contribution in [2.45, 2.75) is 13.0 Å². The standard InChI is InChI=1S/C40H40BN5O3S/c1-26-22-29(44-40(50)43-25-35(42)39(47)49-41(27-12-8-6-9-13-27)28-14-10-7-11-15-28)16-19-32(26)38-33-20-17-30(45(2)3)23-36(33)48-37-24-31(46(4)5)18-21-34(37)38/h6-24,35H,25,42H2,1-5H3,(H,43,50)/p+1. The van der Waals surface area contributed by atoms with Gasteiger partial charge >= 0.3 is 12.9 Å². The number of nitrogens with one attached hydrogen (secondary N) is 2. The van der Waals surface area contributed by atoms with Crippen LogP contribution in [-0.4, -0.2) is 58.8 Å². The van der Waals surface area contributed by atoms with E-state index in [1.165, 1.54) is 0 Å². The van der Waals surface area contributed by atoms with Crippen LogP contribution >= 0.6 is 12.2 Å². The molecule has 252 valence electrons. The minimum atomic E-state index is -0.931. The average Bonchev–Trinajstić information content (AvgIpc) is 3.12. The number of carbonyl (C=O) groups is 1. The minimum absolute atomic E-state index is 0.105. The van der Waals surface area contributed by atoms with E-state index in [-0.39, 0.29) is 6.54 Å². The van der Waals surface area contributed by atoms with Crippen molar-refractivity contribution in [3.8, 4) is 22.5 Å². The van der Waals surface area contributed by atoms with Crippen LogP contribution in [0.1, 0.15) is 5.56 Å². The number of nitrogens with zero attached hydrogens (tertiary/aromatic N) is 2. The molecular weight excluding hydrogens is 641 g/mol. The van der Waals surface area contributed by atoms with E-state index in [0.717, 1.165) is 66.6 Å². The molecule has 0 bridgehead atoms. The SMILES string of the molecule is Cc1cc(NC(=S)NCC(N)C(=O)OB(c2ccccc2)c2ccccc2)ccc1-c1c2ccc(=[N+](C)C)cc-2oc2cc(N(C)C)ccc12. The van der Waals surface area contributed by atoms with E-state index in [0.29, 0.717) is 5.11 Å². The van der Waals surface area contributed by atoms with Gasteiger partial charge in [-0.25, -0.2) is 4.58 Å². The van der Waals surface area contributed by atoms with Crippen LogP contribution in [0.5, 0.6) is 0 Å². The number of carbonyl (C=O) groups excluding carboxylic acids is 1. The van der Waals surface area contributed by atoms with Gasteiger partial charge in [0, 0.05) is 60.7 Å². The summed E-state index contributed by atoms with van der Waals surface area (Å²) in [7, 11) is 8.09. The molecule has 1 atom stereocenters. The van der Waals surface area contributed by atoms with Gasteiger partial charge in [-0.3, -0.25) is 4.79 Å². The predicted molar refractivity (Wildman–Crippen MR) is 211 cm³/mol. The van der Waals surface area contributed by atoms with E-state index < -0.39 is 18.9 Å². The first-order valence-corrected chi connectivity index (χ1v) is 16.9. The number of fused-ring (bicyclic) bond motifs is 2. The fraction of sp³-hybridized carbons (Fsp3) is 0.175. The number of hydrogen-bond donors (Lipinski definition) is 3. The molecule has 1 unspecified atom stereocenters. The number of anilines is 2. The van der Waals surface area contributed by atoms with Gasteiger partial charge in [0.25, 0.3) is 0 Å². The third-order valence-electron chi connectivity index (χ3n) is 8.70. The van der Waals surface area contributed by atoms with Crippen LogP contribution in [0.4, 0.5) is 11.4 Å². The monoisotopic (exact) mass is 682 g/mol. The van der Waals surface area contributed by atoms with Gasteiger partial charge < -0.3 is 30.3 Å². The van der Waals surface area contributed by atoms with Crippen molar-refractivity contribution in [2.75, 3.05) is 45.0 Å². The Balaban J connectivity index is 1.18. The van der Waals surface area contributed by atoms with Gasteiger partial charge in [0.2, 0.25) is 5.36 Å². The molecule has 0 amide bonds. The highest BCUT2D eigenvalue weighted by molar-refractivity contribution is 7.80. The summed E-state index contributed by atoms with van der Waals surface area (Å²) >= 11 is 5.59. The van der Waals surface area contributed by atoms with Gasteiger partial charge in [-0.15, -0.1) is 0 Å². The number of thiocarbonyl (C=S) groups is 1. The second-order valence-corrected chi connectivity index (χ2v) is 13.1. The van der Waals surface area contributed by atoms with Gasteiger partial charge in [0.15, 0.2) is 5.11 Å². The molecule has 8 nitrogen and oxygen atoms in total. The second kappa shape index (κ2) is 15.0. The minimum Gasteiger partial charge on any atom is -0.525 e. The Bertz CT molecular complexity index is 2160. The molecule has 10 heteroatoms. The van der Waals surface area contributed by atoms with Crippen molar-refractivity contribution in [2.24, 2.45) is 5.73 Å². The lowest BCUT2D eigenvalue weighted by Crippen LogP contribution is -2.51. The first-order valence-electron chi connectivity index (χ1n) is 16.5. The highest BCUT2D eigenvalue weighted by Gasteiger charge is 2.28. The maximum Gasteiger partial charge on any atom is 0.429 e. The Kier molecular flexibility index (Phi) is 10.3. The van der Waals surface area contributed by atoms with E-state index in [1.54, 1.807) is 0 Å². The molecule has 0 spiro atoms. The molecule has 0 saturated heterocycles. The maximum atomic E-state index is 13.1. The summed E-state index contributed by atoms with van der Waals surface area (Å²) in [5.74, 6) is 0.290. The molecule has 0 radical (unpaired) electrons. The summed E-state index contributed by atoms with van der Waals surface area (Å²) < 4.78 is 14.5. The summed E-state index contributed by atoms with van der Waals surface area (Å²) in [6.45, 7) is 1.62. The summed E-state index contributed by atoms with van der Waals surface area (Å²) in [6.07, 6.45) is 0. The smallest absolute Gasteiger partial charge is 0.429 e. The molecule has 1 aliphatic heterocycles. The number of aryl methyl sites for hydroxylation is 1. The zero-order valence-electron chi connectivity index (χ0n) is 28.9. The fourth-order valence-electron chi connectivity index (χ4n) is 5.99. The third-order valence-corrected chi connectivity index (χ3v) is 8.95. The Labute approximate surface area is 298 Å². The Hall–Kier alpha value is -5.45. The van der Waals surface area contributed by atoms with Crippen LogP contribution < -0.4 is 42.1 Å². The lowest BCUT2D eigenvalue weighted by molar-refractivity contribution is -0.135. The van der Waals surface area contributed by atoms with Gasteiger partial charge in [-0.2, -0.15) is 0 Å². The second-order valence-electron chi connectivity index (χ2n) is 12.7. The molecule has 4 N–H and O–H groups in total. The Morgan fingerprint density at radius 2 is 1.56 bits per heavy atom. The van der Waals surface area contributed by atoms with E-state index in [9.17, 15) is 4.79 Å². The lowest BCUT2D eigenvalue weighted by atomic mass is 9.55. The first kappa shape index (κ1) is 34.4. The molecule has 6 rings (SSSR count). The lowest BCUT2D eigenvalue weighted by Gasteiger charge is -2.20. The molecule has 50 heavy (non-hydrogen) atoms. The summed E-state index contributed by atoms with van der Waals surface area (Å²) in [4.78, 5) is 15.2.